The number of quaternary nitrogens is 1. The molecular weight excluding hydrogens is 386 g/mol. The molecule has 0 saturated carbocycles. The van der Waals surface area contributed by atoms with Crippen molar-refractivity contribution < 1.29 is 32.4 Å². The molecule has 2 N–H and O–H groups in total. The molecular formula is C24H52ClNO3. The number of halogens is 1. The van der Waals surface area contributed by atoms with E-state index in [1.807, 2.05) is 0 Å². The lowest BCUT2D eigenvalue weighted by Crippen LogP contribution is -3.00. The Hall–Kier alpha value is 0.130. The summed E-state index contributed by atoms with van der Waals surface area (Å²) in [7, 11) is 0. The summed E-state index contributed by atoms with van der Waals surface area (Å²) >= 11 is 0. The van der Waals surface area contributed by atoms with Crippen LogP contribution in [0.3, 0.4) is 0 Å². The van der Waals surface area contributed by atoms with Crippen molar-refractivity contribution in [3.63, 3.8) is 0 Å². The first-order valence-electron chi connectivity index (χ1n) is 12.5. The van der Waals surface area contributed by atoms with Gasteiger partial charge in [-0.25, -0.2) is 0 Å². The van der Waals surface area contributed by atoms with Crippen LogP contribution < -0.4 is 12.4 Å². The lowest BCUT2D eigenvalue weighted by Gasteiger charge is -2.18. The van der Waals surface area contributed by atoms with Gasteiger partial charge in [0, 0.05) is 19.6 Å². The first-order chi connectivity index (χ1) is 13.6. The van der Waals surface area contributed by atoms with Crippen LogP contribution in [-0.2, 0) is 4.74 Å². The van der Waals surface area contributed by atoms with E-state index in [-0.39, 0.29) is 12.4 Å². The van der Waals surface area contributed by atoms with Crippen molar-refractivity contribution in [3.05, 3.63) is 0 Å². The van der Waals surface area contributed by atoms with Crippen LogP contribution in [0.2, 0.25) is 0 Å². The van der Waals surface area contributed by atoms with Crippen LogP contribution in [0.1, 0.15) is 129 Å². The van der Waals surface area contributed by atoms with E-state index in [1.165, 1.54) is 96.3 Å². The number of rotatable bonds is 23. The monoisotopic (exact) mass is 437 g/mol. The van der Waals surface area contributed by atoms with Crippen LogP contribution in [0.4, 0.5) is 0 Å². The zero-order valence-corrected chi connectivity index (χ0v) is 20.4. The van der Waals surface area contributed by atoms with Gasteiger partial charge in [0.2, 0.25) is 0 Å². The Labute approximate surface area is 188 Å². The molecule has 0 aromatic rings. The molecule has 0 radical (unpaired) electrons. The number of nitrogens with zero attached hydrogens (tertiary/aromatic N) is 1. The summed E-state index contributed by atoms with van der Waals surface area (Å²) in [5, 5.41) is 18.9. The lowest BCUT2D eigenvalue weighted by molar-refractivity contribution is -1.24. The molecule has 0 bridgehead atoms. The zero-order valence-electron chi connectivity index (χ0n) is 19.7. The fourth-order valence-electron chi connectivity index (χ4n) is 3.58. The standard InChI is InChI=1S/C24H52NO3.ClH/c1-3-5-6-7-8-9-10-11-12-13-14-15-16-17-18-20-23-28-24-21-19-22-25(26,27)4-2;/h26-27H,3-24H2,1-2H3;1H/q+1;/p-1. The molecule has 29 heavy (non-hydrogen) atoms. The van der Waals surface area contributed by atoms with E-state index in [0.717, 1.165) is 32.5 Å². The zero-order chi connectivity index (χ0) is 20.8. The smallest absolute Gasteiger partial charge is 0.142 e. The maximum atomic E-state index is 9.43. The molecule has 178 valence electrons. The van der Waals surface area contributed by atoms with Gasteiger partial charge in [0.1, 0.15) is 13.1 Å². The van der Waals surface area contributed by atoms with Gasteiger partial charge in [-0.15, -0.1) is 0 Å². The average molecular weight is 438 g/mol. The van der Waals surface area contributed by atoms with Gasteiger partial charge >= 0.3 is 0 Å². The maximum absolute atomic E-state index is 9.43. The summed E-state index contributed by atoms with van der Waals surface area (Å²) in [6, 6.07) is 0. The Morgan fingerprint density at radius 3 is 1.24 bits per heavy atom. The SMILES string of the molecule is CCCCCCCCCCCCCCCCCCOCCCC[N+](O)(O)CC.[Cl-]. The third-order valence-electron chi connectivity index (χ3n) is 5.70. The van der Waals surface area contributed by atoms with E-state index >= 15 is 0 Å². The van der Waals surface area contributed by atoms with Crippen LogP contribution in [0.25, 0.3) is 0 Å². The summed E-state index contributed by atoms with van der Waals surface area (Å²) in [4.78, 5) is -0.862. The molecule has 0 spiro atoms. The second-order valence-electron chi connectivity index (χ2n) is 8.54. The van der Waals surface area contributed by atoms with E-state index in [2.05, 4.69) is 6.92 Å². The van der Waals surface area contributed by atoms with Gasteiger partial charge in [-0.05, 0) is 24.6 Å². The van der Waals surface area contributed by atoms with Gasteiger partial charge in [0.25, 0.3) is 0 Å². The highest BCUT2D eigenvalue weighted by Gasteiger charge is 2.17. The topological polar surface area (TPSA) is 49.7 Å². The molecule has 0 heterocycles. The molecule has 0 rings (SSSR count). The largest absolute Gasteiger partial charge is 1.00 e. The van der Waals surface area contributed by atoms with Gasteiger partial charge in [-0.2, -0.15) is 10.4 Å². The van der Waals surface area contributed by atoms with Gasteiger partial charge in [-0.1, -0.05) is 103 Å². The highest BCUT2D eigenvalue weighted by Crippen LogP contribution is 2.13. The molecule has 0 aromatic heterocycles. The number of hydrogen-bond donors (Lipinski definition) is 2. The van der Waals surface area contributed by atoms with Crippen LogP contribution in [0, 0.1) is 0 Å². The Bertz CT molecular complexity index is 304. The molecule has 0 aromatic carbocycles. The van der Waals surface area contributed by atoms with Crippen molar-refractivity contribution in [2.45, 2.75) is 129 Å². The Balaban J connectivity index is 0. The van der Waals surface area contributed by atoms with Crippen molar-refractivity contribution >= 4 is 0 Å². The van der Waals surface area contributed by atoms with Crippen LogP contribution in [0.5, 0.6) is 0 Å². The summed E-state index contributed by atoms with van der Waals surface area (Å²) in [6.07, 6.45) is 24.0. The molecule has 0 saturated heterocycles. The molecule has 0 atom stereocenters. The number of unbranched alkanes of at least 4 members (excludes halogenated alkanes) is 16. The molecule has 0 fully saturated rings. The number of ether oxygens (including phenoxy) is 1. The fraction of sp³-hybridized carbons (Fsp3) is 1.00. The minimum atomic E-state index is -0.862. The number of hydroxylamine groups is 4. The van der Waals surface area contributed by atoms with Crippen molar-refractivity contribution in [1.82, 2.24) is 0 Å². The first kappa shape index (κ1) is 31.3. The quantitative estimate of drug-likeness (QED) is 0.139. The van der Waals surface area contributed by atoms with Gasteiger partial charge in [-0.3, -0.25) is 0 Å². The van der Waals surface area contributed by atoms with E-state index < -0.39 is 4.81 Å². The van der Waals surface area contributed by atoms with Crippen molar-refractivity contribution in [3.8, 4) is 0 Å². The molecule has 0 amide bonds. The molecule has 0 aliphatic carbocycles. The third kappa shape index (κ3) is 26.1. The van der Waals surface area contributed by atoms with E-state index in [9.17, 15) is 10.4 Å². The summed E-state index contributed by atoms with van der Waals surface area (Å²) in [5.41, 5.74) is 0. The van der Waals surface area contributed by atoms with Crippen molar-refractivity contribution in [1.29, 1.82) is 0 Å². The summed E-state index contributed by atoms with van der Waals surface area (Å²) < 4.78 is 5.63. The molecule has 4 nitrogen and oxygen atoms in total. The Kier molecular flexibility index (Phi) is 26.3. The van der Waals surface area contributed by atoms with Crippen LogP contribution in [-0.4, -0.2) is 41.5 Å². The second kappa shape index (κ2) is 24.4. The molecule has 0 aliphatic heterocycles. The highest BCUT2D eigenvalue weighted by molar-refractivity contribution is 4.50. The third-order valence-corrected chi connectivity index (χ3v) is 5.70. The van der Waals surface area contributed by atoms with E-state index in [4.69, 9.17) is 4.74 Å². The van der Waals surface area contributed by atoms with E-state index in [1.54, 1.807) is 6.92 Å². The summed E-state index contributed by atoms with van der Waals surface area (Å²) in [5.74, 6) is 0. The molecule has 0 aliphatic rings. The fourth-order valence-corrected chi connectivity index (χ4v) is 3.58. The lowest BCUT2D eigenvalue weighted by atomic mass is 10.0. The Morgan fingerprint density at radius 1 is 0.517 bits per heavy atom. The average Bonchev–Trinajstić information content (AvgIpc) is 2.69. The predicted molar refractivity (Wildman–Crippen MR) is 119 cm³/mol. The first-order valence-corrected chi connectivity index (χ1v) is 12.5. The molecule has 5 heteroatoms. The number of hydrogen-bond acceptors (Lipinski definition) is 3. The maximum Gasteiger partial charge on any atom is 0.142 e. The van der Waals surface area contributed by atoms with Crippen molar-refractivity contribution in [2.75, 3.05) is 26.3 Å². The summed E-state index contributed by atoms with van der Waals surface area (Å²) in [6.45, 7) is 6.37. The second-order valence-corrected chi connectivity index (χ2v) is 8.54. The minimum Gasteiger partial charge on any atom is -1.00 e. The minimum absolute atomic E-state index is 0. The van der Waals surface area contributed by atoms with Gasteiger partial charge in [0.05, 0.1) is 0 Å². The molecule has 0 unspecified atom stereocenters. The predicted octanol–water partition coefficient (Wildman–Crippen LogP) is 4.66. The van der Waals surface area contributed by atoms with Crippen molar-refractivity contribution in [2.24, 2.45) is 0 Å². The highest BCUT2D eigenvalue weighted by atomic mass is 35.5. The van der Waals surface area contributed by atoms with Crippen LogP contribution in [0.15, 0.2) is 0 Å². The Morgan fingerprint density at radius 2 is 0.862 bits per heavy atom. The van der Waals surface area contributed by atoms with Gasteiger partial charge in [0.15, 0.2) is 0 Å². The van der Waals surface area contributed by atoms with E-state index in [0.29, 0.717) is 13.1 Å². The van der Waals surface area contributed by atoms with Gasteiger partial charge < -0.3 is 17.1 Å². The van der Waals surface area contributed by atoms with Crippen LogP contribution >= 0.6 is 0 Å². The normalized spacial score (nSPS) is 11.6.